The first kappa shape index (κ1) is 16.1. The summed E-state index contributed by atoms with van der Waals surface area (Å²) in [7, 11) is 1.81. The normalized spacial score (nSPS) is 12.2. The van der Waals surface area contributed by atoms with Crippen LogP contribution in [-0.4, -0.2) is 20.2 Å². The smallest absolute Gasteiger partial charge is 0.417 e. The number of hydrogen-bond donors (Lipinski definition) is 0. The Balaban J connectivity index is 3.67. The third kappa shape index (κ3) is 3.14. The number of rotatable bonds is 2. The van der Waals surface area contributed by atoms with Gasteiger partial charge < -0.3 is 9.47 Å². The van der Waals surface area contributed by atoms with Gasteiger partial charge in [0.15, 0.2) is 0 Å². The van der Waals surface area contributed by atoms with Crippen LogP contribution in [0.15, 0.2) is 12.1 Å². The Bertz CT molecular complexity index is 518. The second kappa shape index (κ2) is 5.22. The monoisotopic (exact) mass is 302 g/mol. The number of carbonyl (C=O) groups is 1. The highest BCUT2D eigenvalue weighted by Gasteiger charge is 2.44. The molecule has 0 aliphatic carbocycles. The number of esters is 1. The molecule has 3 nitrogen and oxygen atoms in total. The van der Waals surface area contributed by atoms with Crippen molar-refractivity contribution >= 4 is 5.97 Å². The van der Waals surface area contributed by atoms with Gasteiger partial charge in [0.05, 0.1) is 25.3 Å². The largest absolute Gasteiger partial charge is 0.496 e. The summed E-state index contributed by atoms with van der Waals surface area (Å²) in [5.74, 6) is -1.89. The summed E-state index contributed by atoms with van der Waals surface area (Å²) in [5, 5.41) is 0. The molecule has 0 N–H and O–H groups in total. The zero-order valence-electron chi connectivity index (χ0n) is 10.1. The van der Waals surface area contributed by atoms with Crippen LogP contribution in [0.4, 0.5) is 26.3 Å². The molecule has 0 saturated carbocycles. The maximum absolute atomic E-state index is 12.7. The number of alkyl halides is 6. The summed E-state index contributed by atoms with van der Waals surface area (Å²) < 4.78 is 84.6. The topological polar surface area (TPSA) is 35.5 Å². The molecule has 0 aromatic heterocycles. The highest BCUT2D eigenvalue weighted by Crippen LogP contribution is 2.43. The molecule has 0 amide bonds. The van der Waals surface area contributed by atoms with Gasteiger partial charge in [-0.2, -0.15) is 26.3 Å². The predicted molar refractivity (Wildman–Crippen MR) is 54.3 cm³/mol. The molecule has 0 spiro atoms. The summed E-state index contributed by atoms with van der Waals surface area (Å²) in [4.78, 5) is 11.3. The maximum Gasteiger partial charge on any atom is 0.417 e. The number of ether oxygens (including phenoxy) is 2. The van der Waals surface area contributed by atoms with Gasteiger partial charge in [-0.25, -0.2) is 4.79 Å². The first-order valence-corrected chi connectivity index (χ1v) is 4.97. The van der Waals surface area contributed by atoms with E-state index in [1.807, 2.05) is 0 Å². The minimum Gasteiger partial charge on any atom is -0.496 e. The van der Waals surface area contributed by atoms with Crippen LogP contribution in [0.3, 0.4) is 0 Å². The lowest BCUT2D eigenvalue weighted by atomic mass is 10.0. The van der Waals surface area contributed by atoms with Crippen LogP contribution in [0.1, 0.15) is 21.5 Å². The molecule has 1 aromatic rings. The summed E-state index contributed by atoms with van der Waals surface area (Å²) in [5.41, 5.74) is -4.66. The molecule has 0 heterocycles. The van der Waals surface area contributed by atoms with Gasteiger partial charge in [0, 0.05) is 0 Å². The SMILES string of the molecule is COC(=O)c1cc(C(F)(F)F)c(C(F)(F)F)cc1OC. The van der Waals surface area contributed by atoms with Crippen molar-refractivity contribution in [2.75, 3.05) is 14.2 Å². The standard InChI is InChI=1S/C11H8F6O3/c1-19-8-4-7(11(15,16)17)6(10(12,13)14)3-5(8)9(18)20-2/h3-4H,1-2H3. The first-order chi connectivity index (χ1) is 9.02. The van der Waals surface area contributed by atoms with Crippen molar-refractivity contribution in [2.45, 2.75) is 12.4 Å². The van der Waals surface area contributed by atoms with Crippen molar-refractivity contribution in [3.8, 4) is 5.75 Å². The molecule has 0 unspecified atom stereocenters. The van der Waals surface area contributed by atoms with E-state index in [0.717, 1.165) is 14.2 Å². The Morgan fingerprint density at radius 2 is 1.40 bits per heavy atom. The second-order valence-electron chi connectivity index (χ2n) is 3.59. The van der Waals surface area contributed by atoms with E-state index in [1.165, 1.54) is 0 Å². The molecule has 0 atom stereocenters. The van der Waals surface area contributed by atoms with Crippen molar-refractivity contribution < 1.29 is 40.6 Å². The summed E-state index contributed by atoms with van der Waals surface area (Å²) in [6.07, 6.45) is -10.5. The zero-order valence-corrected chi connectivity index (χ0v) is 10.1. The van der Waals surface area contributed by atoms with Gasteiger partial charge in [-0.3, -0.25) is 0 Å². The molecule has 1 aromatic carbocycles. The van der Waals surface area contributed by atoms with E-state index in [-0.39, 0.29) is 12.1 Å². The maximum atomic E-state index is 12.7. The van der Waals surface area contributed by atoms with E-state index >= 15 is 0 Å². The summed E-state index contributed by atoms with van der Waals surface area (Å²) in [6, 6.07) is 0.183. The Morgan fingerprint density at radius 3 is 1.75 bits per heavy atom. The van der Waals surface area contributed by atoms with Gasteiger partial charge in [0.1, 0.15) is 11.3 Å². The quantitative estimate of drug-likeness (QED) is 0.619. The molecule has 1 rings (SSSR count). The van der Waals surface area contributed by atoms with Crippen LogP contribution < -0.4 is 4.74 Å². The van der Waals surface area contributed by atoms with E-state index in [1.54, 1.807) is 0 Å². The Labute approximate surface area is 109 Å². The number of benzene rings is 1. The van der Waals surface area contributed by atoms with Crippen molar-refractivity contribution in [3.63, 3.8) is 0 Å². The highest BCUT2D eigenvalue weighted by atomic mass is 19.4. The third-order valence-corrected chi connectivity index (χ3v) is 2.36. The van der Waals surface area contributed by atoms with Crippen molar-refractivity contribution in [1.29, 1.82) is 0 Å². The fourth-order valence-electron chi connectivity index (χ4n) is 1.49. The van der Waals surface area contributed by atoms with Gasteiger partial charge in [-0.05, 0) is 12.1 Å². The molecule has 0 saturated heterocycles. The van der Waals surface area contributed by atoms with Crippen LogP contribution in [-0.2, 0) is 17.1 Å². The zero-order chi connectivity index (χ0) is 15.7. The van der Waals surface area contributed by atoms with Crippen molar-refractivity contribution in [2.24, 2.45) is 0 Å². The van der Waals surface area contributed by atoms with Crippen LogP contribution in [0.25, 0.3) is 0 Å². The fraction of sp³-hybridized carbons (Fsp3) is 0.364. The minimum atomic E-state index is -5.28. The highest BCUT2D eigenvalue weighted by molar-refractivity contribution is 5.93. The van der Waals surface area contributed by atoms with E-state index in [2.05, 4.69) is 9.47 Å². The van der Waals surface area contributed by atoms with E-state index in [0.29, 0.717) is 0 Å². The van der Waals surface area contributed by atoms with Gasteiger partial charge in [0.2, 0.25) is 0 Å². The average Bonchev–Trinajstić information content (AvgIpc) is 2.33. The molecule has 0 aliphatic rings. The second-order valence-corrected chi connectivity index (χ2v) is 3.59. The molecule has 112 valence electrons. The van der Waals surface area contributed by atoms with Crippen LogP contribution >= 0.6 is 0 Å². The van der Waals surface area contributed by atoms with Crippen molar-refractivity contribution in [3.05, 3.63) is 28.8 Å². The lowest BCUT2D eigenvalue weighted by Gasteiger charge is -2.18. The number of carbonyl (C=O) groups excluding carboxylic acids is 1. The molecule has 0 radical (unpaired) electrons. The molecule has 0 bridgehead atoms. The van der Waals surface area contributed by atoms with Gasteiger partial charge >= 0.3 is 18.3 Å². The molecule has 0 aliphatic heterocycles. The number of halogens is 6. The van der Waals surface area contributed by atoms with E-state index in [4.69, 9.17) is 0 Å². The Hall–Kier alpha value is -1.93. The minimum absolute atomic E-state index is 0.0630. The van der Waals surface area contributed by atoms with E-state index < -0.39 is 40.8 Å². The van der Waals surface area contributed by atoms with Crippen LogP contribution in [0.5, 0.6) is 5.75 Å². The van der Waals surface area contributed by atoms with Crippen molar-refractivity contribution in [1.82, 2.24) is 0 Å². The molecule has 9 heteroatoms. The number of methoxy groups -OCH3 is 2. The third-order valence-electron chi connectivity index (χ3n) is 2.36. The number of hydrogen-bond acceptors (Lipinski definition) is 3. The first-order valence-electron chi connectivity index (χ1n) is 4.97. The fourth-order valence-corrected chi connectivity index (χ4v) is 1.49. The van der Waals surface area contributed by atoms with E-state index in [9.17, 15) is 31.1 Å². The van der Waals surface area contributed by atoms with Gasteiger partial charge in [-0.1, -0.05) is 0 Å². The van der Waals surface area contributed by atoms with Gasteiger partial charge in [-0.15, -0.1) is 0 Å². The summed E-state index contributed by atoms with van der Waals surface area (Å²) >= 11 is 0. The van der Waals surface area contributed by atoms with Crippen LogP contribution in [0.2, 0.25) is 0 Å². The van der Waals surface area contributed by atoms with Gasteiger partial charge in [0.25, 0.3) is 0 Å². The molecular weight excluding hydrogens is 294 g/mol. The molecular formula is C11H8F6O3. The predicted octanol–water partition coefficient (Wildman–Crippen LogP) is 3.52. The summed E-state index contributed by atoms with van der Waals surface area (Å²) in [6.45, 7) is 0. The molecule has 20 heavy (non-hydrogen) atoms. The molecule has 0 fully saturated rings. The lowest BCUT2D eigenvalue weighted by molar-refractivity contribution is -0.162. The average molecular weight is 302 g/mol. The van der Waals surface area contributed by atoms with Crippen LogP contribution in [0, 0.1) is 0 Å². The Kier molecular flexibility index (Phi) is 4.21. The lowest BCUT2D eigenvalue weighted by Crippen LogP contribution is -2.18. The Morgan fingerprint density at radius 1 is 0.950 bits per heavy atom.